The monoisotopic (exact) mass is 514 g/mol. The van der Waals surface area contributed by atoms with Gasteiger partial charge in [-0.2, -0.15) is 13.2 Å². The lowest BCUT2D eigenvalue weighted by atomic mass is 10.0. The normalized spacial score (nSPS) is 15.7. The van der Waals surface area contributed by atoms with E-state index in [1.165, 1.54) is 12.1 Å². The van der Waals surface area contributed by atoms with Gasteiger partial charge >= 0.3 is 6.18 Å². The minimum Gasteiger partial charge on any atom is -0.368 e. The number of aromatic nitrogens is 2. The molecule has 37 heavy (non-hydrogen) atoms. The molecule has 1 atom stereocenters. The van der Waals surface area contributed by atoms with Crippen molar-refractivity contribution in [2.24, 2.45) is 11.7 Å². The number of anilines is 1. The van der Waals surface area contributed by atoms with Crippen LogP contribution >= 0.6 is 0 Å². The van der Waals surface area contributed by atoms with E-state index in [0.717, 1.165) is 23.0 Å². The third-order valence-electron chi connectivity index (χ3n) is 6.40. The van der Waals surface area contributed by atoms with Crippen LogP contribution in [0, 0.1) is 5.92 Å². The number of nitrogens with two attached hydrogens (primary N) is 1. The van der Waals surface area contributed by atoms with Crippen molar-refractivity contribution >= 4 is 28.5 Å². The highest BCUT2D eigenvalue weighted by Gasteiger charge is 2.31. The van der Waals surface area contributed by atoms with Gasteiger partial charge in [0.2, 0.25) is 5.91 Å². The van der Waals surface area contributed by atoms with Crippen LogP contribution in [0.4, 0.5) is 19.0 Å². The summed E-state index contributed by atoms with van der Waals surface area (Å²) in [5.74, 6) is 0.302. The van der Waals surface area contributed by atoms with Gasteiger partial charge in [0.05, 0.1) is 17.6 Å². The second kappa shape index (κ2) is 10.7. The molecule has 0 spiro atoms. The topological polar surface area (TPSA) is 104 Å². The summed E-state index contributed by atoms with van der Waals surface area (Å²) >= 11 is 0. The van der Waals surface area contributed by atoms with Crippen molar-refractivity contribution in [3.05, 3.63) is 65.5 Å². The number of fused-ring (bicyclic) bond motifs is 1. The molecule has 0 radical (unpaired) electrons. The molecule has 11 heteroatoms. The molecule has 196 valence electrons. The number of alkyl halides is 3. The zero-order chi connectivity index (χ0) is 26.7. The highest BCUT2D eigenvalue weighted by Crippen LogP contribution is 2.29. The van der Waals surface area contributed by atoms with Gasteiger partial charge in [0.1, 0.15) is 17.7 Å². The van der Waals surface area contributed by atoms with E-state index in [1.54, 1.807) is 4.90 Å². The Kier molecular flexibility index (Phi) is 7.63. The van der Waals surface area contributed by atoms with Crippen LogP contribution in [0.25, 0.3) is 10.9 Å². The second-order valence-corrected chi connectivity index (χ2v) is 9.42. The van der Waals surface area contributed by atoms with Crippen LogP contribution in [-0.2, 0) is 17.5 Å². The Morgan fingerprint density at radius 1 is 1.00 bits per heavy atom. The van der Waals surface area contributed by atoms with Crippen LogP contribution in [-0.4, -0.2) is 63.8 Å². The first kappa shape index (κ1) is 26.3. The molecule has 1 aromatic heterocycles. The Bertz CT molecular complexity index is 1270. The second-order valence-electron chi connectivity index (χ2n) is 9.42. The molecule has 2 amide bonds. The van der Waals surface area contributed by atoms with Gasteiger partial charge in [-0.1, -0.05) is 26.0 Å². The van der Waals surface area contributed by atoms with Crippen molar-refractivity contribution in [2.75, 3.05) is 31.5 Å². The van der Waals surface area contributed by atoms with Gasteiger partial charge < -0.3 is 16.0 Å². The van der Waals surface area contributed by atoms with Gasteiger partial charge in [-0.3, -0.25) is 14.5 Å². The highest BCUT2D eigenvalue weighted by atomic mass is 19.4. The van der Waals surface area contributed by atoms with E-state index in [0.29, 0.717) is 44.4 Å². The average Bonchev–Trinajstić information content (AvgIpc) is 2.86. The molecule has 1 saturated heterocycles. The van der Waals surface area contributed by atoms with Crippen molar-refractivity contribution in [3.63, 3.8) is 0 Å². The smallest absolute Gasteiger partial charge is 0.368 e. The molecular weight excluding hydrogens is 485 g/mol. The Labute approximate surface area is 212 Å². The molecule has 1 aliphatic rings. The molecule has 2 aromatic carbocycles. The number of primary amides is 1. The average molecular weight is 515 g/mol. The number of carbonyl (C=O) groups excluding carboxylic acids is 2. The number of piperazine rings is 1. The Balaban J connectivity index is 1.44. The van der Waals surface area contributed by atoms with E-state index in [2.05, 4.69) is 20.2 Å². The van der Waals surface area contributed by atoms with Crippen molar-refractivity contribution < 1.29 is 22.8 Å². The molecule has 1 aliphatic heterocycles. The molecule has 0 aliphatic carbocycles. The molecule has 0 saturated carbocycles. The lowest BCUT2D eigenvalue weighted by molar-refractivity contribution is -0.137. The minimum atomic E-state index is -4.44. The molecule has 0 unspecified atom stereocenters. The van der Waals surface area contributed by atoms with Crippen LogP contribution < -0.4 is 11.1 Å². The van der Waals surface area contributed by atoms with Crippen LogP contribution in [0.5, 0.6) is 0 Å². The van der Waals surface area contributed by atoms with Gasteiger partial charge in [0, 0.05) is 37.1 Å². The molecule has 3 aromatic rings. The van der Waals surface area contributed by atoms with Gasteiger partial charge in [-0.25, -0.2) is 9.97 Å². The maximum absolute atomic E-state index is 12.8. The number of rotatable bonds is 7. The molecule has 1 fully saturated rings. The van der Waals surface area contributed by atoms with Crippen molar-refractivity contribution in [3.8, 4) is 0 Å². The third kappa shape index (κ3) is 6.16. The third-order valence-corrected chi connectivity index (χ3v) is 6.40. The van der Waals surface area contributed by atoms with Crippen LogP contribution in [0.2, 0.25) is 0 Å². The zero-order valence-electron chi connectivity index (χ0n) is 20.6. The summed E-state index contributed by atoms with van der Waals surface area (Å²) in [4.78, 5) is 37.8. The minimum absolute atomic E-state index is 0.0371. The summed E-state index contributed by atoms with van der Waals surface area (Å²) in [7, 11) is 0. The summed E-state index contributed by atoms with van der Waals surface area (Å²) in [6.07, 6.45) is -4.44. The number of halogens is 3. The Morgan fingerprint density at radius 3 is 2.24 bits per heavy atom. The number of hydrogen-bond acceptors (Lipinski definition) is 6. The van der Waals surface area contributed by atoms with Crippen LogP contribution in [0.15, 0.2) is 48.5 Å². The first-order valence-corrected chi connectivity index (χ1v) is 12.0. The molecule has 4 rings (SSSR count). The van der Waals surface area contributed by atoms with E-state index in [9.17, 15) is 22.8 Å². The quantitative estimate of drug-likeness (QED) is 0.500. The number of carbonyl (C=O) groups is 2. The molecule has 3 N–H and O–H groups in total. The predicted molar refractivity (Wildman–Crippen MR) is 134 cm³/mol. The van der Waals surface area contributed by atoms with E-state index in [-0.39, 0.29) is 17.4 Å². The summed E-state index contributed by atoms with van der Waals surface area (Å²) < 4.78 is 38.4. The largest absolute Gasteiger partial charge is 0.416 e. The number of nitrogens with zero attached hydrogens (tertiary/aromatic N) is 4. The van der Waals surface area contributed by atoms with E-state index in [4.69, 9.17) is 5.73 Å². The number of para-hydroxylation sites is 1. The van der Waals surface area contributed by atoms with E-state index >= 15 is 0 Å². The molecule has 8 nitrogen and oxygen atoms in total. The number of hydrogen-bond donors (Lipinski definition) is 2. The van der Waals surface area contributed by atoms with Crippen molar-refractivity contribution in [1.82, 2.24) is 19.8 Å². The zero-order valence-corrected chi connectivity index (χ0v) is 20.6. The SMILES string of the molecule is CC(C)[C@H](Nc1nc(CN2CCN(C(=O)c3ccc(C(F)(F)F)cc3)CC2)nc2ccccc12)C(N)=O. The number of benzene rings is 2. The number of nitrogens with one attached hydrogen (secondary N) is 1. The van der Waals surface area contributed by atoms with Gasteiger partial charge in [0.15, 0.2) is 0 Å². The maximum atomic E-state index is 12.8. The molecular formula is C26H29F3N6O2. The summed E-state index contributed by atoms with van der Waals surface area (Å²) in [6.45, 7) is 6.20. The van der Waals surface area contributed by atoms with Crippen molar-refractivity contribution in [1.29, 1.82) is 0 Å². The molecule has 0 bridgehead atoms. The maximum Gasteiger partial charge on any atom is 0.416 e. The Hall–Kier alpha value is -3.73. The van der Waals surface area contributed by atoms with Gasteiger partial charge in [-0.05, 0) is 42.3 Å². The fourth-order valence-corrected chi connectivity index (χ4v) is 4.31. The molecule has 2 heterocycles. The predicted octanol–water partition coefficient (Wildman–Crippen LogP) is 3.53. The van der Waals surface area contributed by atoms with E-state index < -0.39 is 23.7 Å². The lowest BCUT2D eigenvalue weighted by Gasteiger charge is -2.34. The van der Waals surface area contributed by atoms with Crippen molar-refractivity contribution in [2.45, 2.75) is 32.6 Å². The summed E-state index contributed by atoms with van der Waals surface area (Å²) in [5.41, 5.74) is 5.76. The fraction of sp³-hybridized carbons (Fsp3) is 0.385. The summed E-state index contributed by atoms with van der Waals surface area (Å²) in [5, 5.41) is 3.97. The number of amides is 2. The van der Waals surface area contributed by atoms with Crippen LogP contribution in [0.3, 0.4) is 0 Å². The van der Waals surface area contributed by atoms with E-state index in [1.807, 2.05) is 38.1 Å². The standard InChI is InChI=1S/C26H29F3N6O2/c1-16(2)22(23(30)36)33-24-19-5-3-4-6-20(19)31-21(32-24)15-34-11-13-35(14-12-34)25(37)17-7-9-18(10-8-17)26(27,28)29/h3-10,16,22H,11-15H2,1-2H3,(H2,30,36)(H,31,32,33)/t22-/m0/s1. The van der Waals surface area contributed by atoms with Gasteiger partial charge in [0.25, 0.3) is 5.91 Å². The first-order chi connectivity index (χ1) is 17.5. The van der Waals surface area contributed by atoms with Crippen LogP contribution in [0.1, 0.15) is 35.6 Å². The highest BCUT2D eigenvalue weighted by molar-refractivity contribution is 5.94. The lowest BCUT2D eigenvalue weighted by Crippen LogP contribution is -2.48. The Morgan fingerprint density at radius 2 is 1.65 bits per heavy atom. The summed E-state index contributed by atoms with van der Waals surface area (Å²) in [6, 6.07) is 11.2. The first-order valence-electron chi connectivity index (χ1n) is 12.0. The fourth-order valence-electron chi connectivity index (χ4n) is 4.31. The van der Waals surface area contributed by atoms with Gasteiger partial charge in [-0.15, -0.1) is 0 Å².